The largest absolute Gasteiger partial charge is 0.467 e. The van der Waals surface area contributed by atoms with Gasteiger partial charge in [0.15, 0.2) is 6.10 Å². The zero-order valence-corrected chi connectivity index (χ0v) is 9.63. The van der Waals surface area contributed by atoms with E-state index in [1.165, 1.54) is 7.11 Å². The molecule has 0 amide bonds. The fourth-order valence-corrected chi connectivity index (χ4v) is 1.52. The van der Waals surface area contributed by atoms with Crippen LogP contribution in [0.4, 0.5) is 0 Å². The van der Waals surface area contributed by atoms with E-state index >= 15 is 0 Å². The molecule has 0 aliphatic heterocycles. The fraction of sp³-hybridized carbons (Fsp3) is 0.364. The minimum atomic E-state index is -1.27. The molecule has 0 heterocycles. The number of hydrogen-bond donors (Lipinski definition) is 1. The van der Waals surface area contributed by atoms with Crippen LogP contribution in [0.5, 0.6) is 0 Å². The van der Waals surface area contributed by atoms with Crippen molar-refractivity contribution in [1.82, 2.24) is 0 Å². The summed E-state index contributed by atoms with van der Waals surface area (Å²) in [6, 6.07) is 3.30. The molecule has 0 fully saturated rings. The standard InChI is InChI=1S/C11H13ClO3/c1-6-4-8(5-9(12)7(6)2)10(13)11(14)15-3/h4-5,10,13H,1-3H3. The molecule has 1 aromatic rings. The number of ether oxygens (including phenoxy) is 1. The van der Waals surface area contributed by atoms with E-state index in [9.17, 15) is 9.90 Å². The molecule has 0 aliphatic rings. The van der Waals surface area contributed by atoms with Gasteiger partial charge >= 0.3 is 5.97 Å². The van der Waals surface area contributed by atoms with E-state index in [0.29, 0.717) is 10.6 Å². The van der Waals surface area contributed by atoms with Gasteiger partial charge in [-0.15, -0.1) is 0 Å². The van der Waals surface area contributed by atoms with E-state index in [-0.39, 0.29) is 0 Å². The predicted octanol–water partition coefficient (Wildman–Crippen LogP) is 2.16. The van der Waals surface area contributed by atoms with E-state index in [1.54, 1.807) is 12.1 Å². The van der Waals surface area contributed by atoms with E-state index in [0.717, 1.165) is 11.1 Å². The molecule has 4 heteroatoms. The van der Waals surface area contributed by atoms with Crippen molar-refractivity contribution < 1.29 is 14.6 Å². The van der Waals surface area contributed by atoms with Crippen LogP contribution in [-0.4, -0.2) is 18.2 Å². The molecule has 82 valence electrons. The van der Waals surface area contributed by atoms with Gasteiger partial charge in [-0.2, -0.15) is 0 Å². The molecule has 0 aromatic heterocycles. The minimum Gasteiger partial charge on any atom is -0.467 e. The quantitative estimate of drug-likeness (QED) is 0.790. The number of hydrogen-bond acceptors (Lipinski definition) is 3. The van der Waals surface area contributed by atoms with Crippen LogP contribution in [0.15, 0.2) is 12.1 Å². The molecule has 3 nitrogen and oxygen atoms in total. The van der Waals surface area contributed by atoms with Crippen molar-refractivity contribution in [1.29, 1.82) is 0 Å². The third-order valence-electron chi connectivity index (χ3n) is 2.37. The maximum atomic E-state index is 11.1. The average molecular weight is 229 g/mol. The highest BCUT2D eigenvalue weighted by molar-refractivity contribution is 6.31. The van der Waals surface area contributed by atoms with Crippen LogP contribution in [0.2, 0.25) is 5.02 Å². The van der Waals surface area contributed by atoms with E-state index in [4.69, 9.17) is 11.6 Å². The van der Waals surface area contributed by atoms with E-state index < -0.39 is 12.1 Å². The highest BCUT2D eigenvalue weighted by Crippen LogP contribution is 2.25. The molecule has 1 unspecified atom stereocenters. The Labute approximate surface area is 93.6 Å². The van der Waals surface area contributed by atoms with Gasteiger partial charge in [0.1, 0.15) is 0 Å². The topological polar surface area (TPSA) is 46.5 Å². The lowest BCUT2D eigenvalue weighted by Crippen LogP contribution is -2.13. The first-order valence-corrected chi connectivity index (χ1v) is 4.87. The van der Waals surface area contributed by atoms with Gasteiger partial charge < -0.3 is 9.84 Å². The molecule has 1 rings (SSSR count). The van der Waals surface area contributed by atoms with Gasteiger partial charge in [-0.25, -0.2) is 4.79 Å². The average Bonchev–Trinajstić information content (AvgIpc) is 2.23. The normalized spacial score (nSPS) is 12.3. The van der Waals surface area contributed by atoms with Crippen LogP contribution in [0.3, 0.4) is 0 Å². The highest BCUT2D eigenvalue weighted by Gasteiger charge is 2.19. The number of aryl methyl sites for hydroxylation is 1. The summed E-state index contributed by atoms with van der Waals surface area (Å²) < 4.78 is 4.44. The lowest BCUT2D eigenvalue weighted by atomic mass is 10.0. The van der Waals surface area contributed by atoms with Gasteiger partial charge in [-0.05, 0) is 36.6 Å². The summed E-state index contributed by atoms with van der Waals surface area (Å²) in [7, 11) is 1.23. The van der Waals surface area contributed by atoms with Crippen molar-refractivity contribution >= 4 is 17.6 Å². The van der Waals surface area contributed by atoms with Crippen LogP contribution in [0.1, 0.15) is 22.8 Å². The summed E-state index contributed by atoms with van der Waals surface area (Å²) in [5.74, 6) is -0.686. The zero-order chi connectivity index (χ0) is 11.6. The molecule has 0 bridgehead atoms. The van der Waals surface area contributed by atoms with E-state index in [2.05, 4.69) is 4.74 Å². The molecule has 0 aliphatic carbocycles. The summed E-state index contributed by atoms with van der Waals surface area (Å²) in [6.45, 7) is 3.75. The first-order chi connectivity index (χ1) is 6.97. The molecule has 0 radical (unpaired) electrons. The smallest absolute Gasteiger partial charge is 0.339 e. The first-order valence-electron chi connectivity index (χ1n) is 4.50. The van der Waals surface area contributed by atoms with Crippen molar-refractivity contribution in [3.8, 4) is 0 Å². The summed E-state index contributed by atoms with van der Waals surface area (Å²) >= 11 is 5.95. The minimum absolute atomic E-state index is 0.454. The number of esters is 1. The lowest BCUT2D eigenvalue weighted by Gasteiger charge is -2.11. The van der Waals surface area contributed by atoms with Gasteiger partial charge in [0, 0.05) is 5.02 Å². The molecule has 1 atom stereocenters. The Hall–Kier alpha value is -1.06. The van der Waals surface area contributed by atoms with Crippen molar-refractivity contribution in [2.75, 3.05) is 7.11 Å². The van der Waals surface area contributed by atoms with E-state index in [1.807, 2.05) is 13.8 Å². The van der Waals surface area contributed by atoms with Crippen LogP contribution in [0.25, 0.3) is 0 Å². The Morgan fingerprint density at radius 3 is 2.53 bits per heavy atom. The molecule has 0 spiro atoms. The lowest BCUT2D eigenvalue weighted by molar-refractivity contribution is -0.150. The number of carbonyl (C=O) groups is 1. The maximum absolute atomic E-state index is 11.1. The second-order valence-corrected chi connectivity index (χ2v) is 3.78. The second-order valence-electron chi connectivity index (χ2n) is 3.37. The Kier molecular flexibility index (Phi) is 3.72. The van der Waals surface area contributed by atoms with Crippen LogP contribution >= 0.6 is 11.6 Å². The van der Waals surface area contributed by atoms with Crippen molar-refractivity contribution in [2.45, 2.75) is 20.0 Å². The maximum Gasteiger partial charge on any atom is 0.339 e. The summed E-state index contributed by atoms with van der Waals surface area (Å²) in [5.41, 5.74) is 2.33. The van der Waals surface area contributed by atoms with Crippen LogP contribution in [0, 0.1) is 13.8 Å². The number of carbonyl (C=O) groups excluding carboxylic acids is 1. The van der Waals surface area contributed by atoms with Gasteiger partial charge in [0.25, 0.3) is 0 Å². The third-order valence-corrected chi connectivity index (χ3v) is 2.76. The summed E-state index contributed by atoms with van der Waals surface area (Å²) in [5, 5.41) is 10.1. The number of aliphatic hydroxyl groups is 1. The fourth-order valence-electron chi connectivity index (χ4n) is 1.25. The monoisotopic (exact) mass is 228 g/mol. The summed E-state index contributed by atoms with van der Waals surface area (Å²) in [6.07, 6.45) is -1.27. The third kappa shape index (κ3) is 2.49. The molecule has 0 saturated heterocycles. The SMILES string of the molecule is COC(=O)C(O)c1cc(C)c(C)c(Cl)c1. The Morgan fingerprint density at radius 2 is 2.07 bits per heavy atom. The Balaban J connectivity index is 3.11. The Bertz CT molecular complexity index is 364. The van der Waals surface area contributed by atoms with Crippen LogP contribution < -0.4 is 0 Å². The number of halogens is 1. The predicted molar refractivity (Wildman–Crippen MR) is 57.9 cm³/mol. The molecular weight excluding hydrogens is 216 g/mol. The number of methoxy groups -OCH3 is 1. The molecular formula is C11H13ClO3. The zero-order valence-electron chi connectivity index (χ0n) is 8.87. The Morgan fingerprint density at radius 1 is 1.47 bits per heavy atom. The number of rotatable bonds is 2. The summed E-state index contributed by atoms with van der Waals surface area (Å²) in [4.78, 5) is 11.1. The van der Waals surface area contributed by atoms with Gasteiger partial charge in [-0.3, -0.25) is 0 Å². The number of aliphatic hydroxyl groups excluding tert-OH is 1. The van der Waals surface area contributed by atoms with Gasteiger partial charge in [-0.1, -0.05) is 17.7 Å². The van der Waals surface area contributed by atoms with Crippen molar-refractivity contribution in [2.24, 2.45) is 0 Å². The first kappa shape index (κ1) is 12.0. The molecule has 1 N–H and O–H groups in total. The molecule has 0 saturated carbocycles. The molecule has 1 aromatic carbocycles. The second kappa shape index (κ2) is 4.64. The van der Waals surface area contributed by atoms with Crippen LogP contribution in [-0.2, 0) is 9.53 Å². The highest BCUT2D eigenvalue weighted by atomic mass is 35.5. The van der Waals surface area contributed by atoms with Crippen molar-refractivity contribution in [3.63, 3.8) is 0 Å². The molecule has 15 heavy (non-hydrogen) atoms. The van der Waals surface area contributed by atoms with Gasteiger partial charge in [0.2, 0.25) is 0 Å². The van der Waals surface area contributed by atoms with Crippen molar-refractivity contribution in [3.05, 3.63) is 33.8 Å². The van der Waals surface area contributed by atoms with Gasteiger partial charge in [0.05, 0.1) is 7.11 Å². The number of benzene rings is 1.